The molecule has 0 aromatic heterocycles. The first-order valence-corrected chi connectivity index (χ1v) is 6.00. The van der Waals surface area contributed by atoms with Crippen molar-refractivity contribution in [1.82, 2.24) is 0 Å². The average Bonchev–Trinajstić information content (AvgIpc) is 2.74. The van der Waals surface area contributed by atoms with Crippen LogP contribution in [-0.2, 0) is 0 Å². The van der Waals surface area contributed by atoms with E-state index in [-0.39, 0.29) is 17.5 Å². The van der Waals surface area contributed by atoms with E-state index in [4.69, 9.17) is 0 Å². The van der Waals surface area contributed by atoms with Gasteiger partial charge in [-0.15, -0.1) is 0 Å². The lowest BCUT2D eigenvalue weighted by Gasteiger charge is -2.08. The quantitative estimate of drug-likeness (QED) is 0.834. The highest BCUT2D eigenvalue weighted by Gasteiger charge is 2.23. The van der Waals surface area contributed by atoms with Crippen LogP contribution in [0.5, 0.6) is 5.75 Å². The van der Waals surface area contributed by atoms with Crippen molar-refractivity contribution >= 4 is 21.7 Å². The maximum absolute atomic E-state index is 12.0. The highest BCUT2D eigenvalue weighted by molar-refractivity contribution is 9.10. The number of rotatable bonds is 2. The van der Waals surface area contributed by atoms with E-state index in [0.29, 0.717) is 10.0 Å². The molecule has 1 N–H and O–H groups in total. The van der Waals surface area contributed by atoms with Gasteiger partial charge in [0, 0.05) is 11.5 Å². The third-order valence-corrected chi connectivity index (χ3v) is 3.59. The van der Waals surface area contributed by atoms with E-state index < -0.39 is 0 Å². The summed E-state index contributed by atoms with van der Waals surface area (Å²) in [6.07, 6.45) is 4.35. The van der Waals surface area contributed by atoms with Crippen molar-refractivity contribution in [1.29, 1.82) is 0 Å². The maximum Gasteiger partial charge on any atom is 0.165 e. The summed E-state index contributed by atoms with van der Waals surface area (Å²) in [7, 11) is 0. The Bertz CT molecular complexity index is 381. The Hall–Kier alpha value is -0.830. The fraction of sp³-hybridized carbons (Fsp3) is 0.417. The van der Waals surface area contributed by atoms with Crippen molar-refractivity contribution in [2.75, 3.05) is 0 Å². The molecule has 3 heteroatoms. The van der Waals surface area contributed by atoms with Gasteiger partial charge in [0.1, 0.15) is 5.75 Å². The molecule has 1 saturated carbocycles. The summed E-state index contributed by atoms with van der Waals surface area (Å²) in [4.78, 5) is 12.0. The second-order valence-corrected chi connectivity index (χ2v) is 4.87. The molecule has 0 unspecified atom stereocenters. The van der Waals surface area contributed by atoms with Gasteiger partial charge < -0.3 is 5.11 Å². The van der Waals surface area contributed by atoms with Crippen LogP contribution in [0.3, 0.4) is 0 Å². The van der Waals surface area contributed by atoms with Gasteiger partial charge in [0.05, 0.1) is 4.47 Å². The average molecular weight is 269 g/mol. The molecule has 1 aromatic carbocycles. The molecular weight excluding hydrogens is 256 g/mol. The van der Waals surface area contributed by atoms with Gasteiger partial charge in [0.2, 0.25) is 0 Å². The van der Waals surface area contributed by atoms with E-state index in [9.17, 15) is 9.90 Å². The standard InChI is InChI=1S/C12H13BrO2/c13-10-7-9(5-6-11(10)14)12(15)8-3-1-2-4-8/h5-8,14H,1-4H2. The Balaban J connectivity index is 2.21. The highest BCUT2D eigenvalue weighted by atomic mass is 79.9. The zero-order chi connectivity index (χ0) is 10.8. The SMILES string of the molecule is O=C(c1ccc(O)c(Br)c1)C1CCCC1. The molecule has 0 bridgehead atoms. The van der Waals surface area contributed by atoms with Crippen molar-refractivity contribution in [3.63, 3.8) is 0 Å². The molecule has 1 aliphatic rings. The third-order valence-electron chi connectivity index (χ3n) is 2.96. The summed E-state index contributed by atoms with van der Waals surface area (Å²) in [6.45, 7) is 0. The summed E-state index contributed by atoms with van der Waals surface area (Å²) in [5.74, 6) is 0.590. The predicted octanol–water partition coefficient (Wildman–Crippen LogP) is 3.53. The zero-order valence-corrected chi connectivity index (χ0v) is 9.96. The van der Waals surface area contributed by atoms with Crippen LogP contribution in [0.4, 0.5) is 0 Å². The van der Waals surface area contributed by atoms with Gasteiger partial charge in [-0.25, -0.2) is 0 Å². The molecule has 0 aliphatic heterocycles. The number of carbonyl (C=O) groups excluding carboxylic acids is 1. The van der Waals surface area contributed by atoms with Crippen molar-refractivity contribution in [3.05, 3.63) is 28.2 Å². The Morgan fingerprint density at radius 3 is 2.60 bits per heavy atom. The number of aromatic hydroxyl groups is 1. The van der Waals surface area contributed by atoms with Gasteiger partial charge in [-0.05, 0) is 47.0 Å². The normalized spacial score (nSPS) is 16.9. The third kappa shape index (κ3) is 2.23. The summed E-state index contributed by atoms with van der Waals surface area (Å²) < 4.78 is 0.589. The maximum atomic E-state index is 12.0. The van der Waals surface area contributed by atoms with E-state index in [2.05, 4.69) is 15.9 Å². The number of Topliss-reactive ketones (excluding diaryl/α,β-unsaturated/α-hetero) is 1. The lowest BCUT2D eigenvalue weighted by atomic mass is 9.96. The van der Waals surface area contributed by atoms with Crippen LogP contribution in [0.2, 0.25) is 0 Å². The van der Waals surface area contributed by atoms with E-state index in [1.807, 2.05) is 0 Å². The fourth-order valence-corrected chi connectivity index (χ4v) is 2.46. The predicted molar refractivity (Wildman–Crippen MR) is 62.1 cm³/mol. The minimum absolute atomic E-state index is 0.179. The molecule has 1 aliphatic carbocycles. The molecule has 1 aromatic rings. The molecule has 2 rings (SSSR count). The Kier molecular flexibility index (Phi) is 3.10. The van der Waals surface area contributed by atoms with Crippen LogP contribution in [0.15, 0.2) is 22.7 Å². The van der Waals surface area contributed by atoms with Crippen molar-refractivity contribution < 1.29 is 9.90 Å². The van der Waals surface area contributed by atoms with Crippen molar-refractivity contribution in [3.8, 4) is 5.75 Å². The molecule has 0 heterocycles. The number of ketones is 1. The van der Waals surface area contributed by atoms with E-state index in [1.165, 1.54) is 0 Å². The van der Waals surface area contributed by atoms with Gasteiger partial charge in [0.25, 0.3) is 0 Å². The molecular formula is C12H13BrO2. The van der Waals surface area contributed by atoms with E-state index in [0.717, 1.165) is 25.7 Å². The minimum Gasteiger partial charge on any atom is -0.507 e. The minimum atomic E-state index is 0.179. The van der Waals surface area contributed by atoms with E-state index in [1.54, 1.807) is 18.2 Å². The first kappa shape index (κ1) is 10.7. The Morgan fingerprint density at radius 1 is 1.33 bits per heavy atom. The topological polar surface area (TPSA) is 37.3 Å². The van der Waals surface area contributed by atoms with Crippen LogP contribution >= 0.6 is 15.9 Å². The summed E-state index contributed by atoms with van der Waals surface area (Å²) in [6, 6.07) is 4.96. The molecule has 0 radical (unpaired) electrons. The molecule has 0 saturated heterocycles. The lowest BCUT2D eigenvalue weighted by Crippen LogP contribution is -2.10. The number of carbonyl (C=O) groups is 1. The van der Waals surface area contributed by atoms with Crippen LogP contribution in [0.1, 0.15) is 36.0 Å². The molecule has 1 fully saturated rings. The fourth-order valence-electron chi connectivity index (χ4n) is 2.08. The largest absolute Gasteiger partial charge is 0.507 e. The molecule has 0 amide bonds. The zero-order valence-electron chi connectivity index (χ0n) is 8.37. The van der Waals surface area contributed by atoms with Crippen LogP contribution in [-0.4, -0.2) is 10.9 Å². The van der Waals surface area contributed by atoms with Crippen molar-refractivity contribution in [2.24, 2.45) is 5.92 Å². The van der Waals surface area contributed by atoms with Gasteiger partial charge in [-0.2, -0.15) is 0 Å². The number of halogens is 1. The highest BCUT2D eigenvalue weighted by Crippen LogP contribution is 2.30. The van der Waals surface area contributed by atoms with Gasteiger partial charge >= 0.3 is 0 Å². The van der Waals surface area contributed by atoms with Crippen LogP contribution in [0.25, 0.3) is 0 Å². The van der Waals surface area contributed by atoms with Gasteiger partial charge in [0.15, 0.2) is 5.78 Å². The monoisotopic (exact) mass is 268 g/mol. The summed E-state index contributed by atoms with van der Waals surface area (Å²) >= 11 is 3.22. The number of hydrogen-bond donors (Lipinski definition) is 1. The number of hydrogen-bond acceptors (Lipinski definition) is 2. The summed E-state index contributed by atoms with van der Waals surface area (Å²) in [5, 5.41) is 9.33. The Morgan fingerprint density at radius 2 is 2.00 bits per heavy atom. The number of benzene rings is 1. The first-order chi connectivity index (χ1) is 7.18. The Labute approximate surface area is 97.4 Å². The molecule has 0 spiro atoms. The van der Waals surface area contributed by atoms with Crippen LogP contribution < -0.4 is 0 Å². The van der Waals surface area contributed by atoms with E-state index >= 15 is 0 Å². The van der Waals surface area contributed by atoms with Gasteiger partial charge in [-0.1, -0.05) is 12.8 Å². The molecule has 15 heavy (non-hydrogen) atoms. The number of phenolic OH excluding ortho intramolecular Hbond substituents is 1. The smallest absolute Gasteiger partial charge is 0.165 e. The summed E-state index contributed by atoms with van der Waals surface area (Å²) in [5.41, 5.74) is 0.701. The first-order valence-electron chi connectivity index (χ1n) is 5.21. The second-order valence-electron chi connectivity index (χ2n) is 4.01. The van der Waals surface area contributed by atoms with Gasteiger partial charge in [-0.3, -0.25) is 4.79 Å². The molecule has 80 valence electrons. The lowest BCUT2D eigenvalue weighted by molar-refractivity contribution is 0.0923. The second kappa shape index (κ2) is 4.35. The molecule has 2 nitrogen and oxygen atoms in total. The van der Waals surface area contributed by atoms with Crippen molar-refractivity contribution in [2.45, 2.75) is 25.7 Å². The van der Waals surface area contributed by atoms with Crippen LogP contribution in [0, 0.1) is 5.92 Å². The number of phenols is 1. The molecule has 0 atom stereocenters.